The van der Waals surface area contributed by atoms with Crippen LogP contribution in [0.3, 0.4) is 0 Å². The number of aliphatic imine (C=N–C) groups is 1. The topological polar surface area (TPSA) is 89.4 Å². The second-order valence-electron chi connectivity index (χ2n) is 5.20. The lowest BCUT2D eigenvalue weighted by molar-refractivity contribution is -0.275. The van der Waals surface area contributed by atoms with E-state index in [1.807, 2.05) is 6.92 Å². The molecule has 1 atom stereocenters. The molecule has 0 saturated carbocycles. The second kappa shape index (κ2) is 7.60. The minimum absolute atomic E-state index is 0.0133. The predicted octanol–water partition coefficient (Wildman–Crippen LogP) is 2.20. The van der Waals surface area contributed by atoms with Crippen molar-refractivity contribution in [2.75, 3.05) is 13.7 Å². The Morgan fingerprint density at radius 2 is 2.20 bits per heavy atom. The van der Waals surface area contributed by atoms with Gasteiger partial charge in [0.05, 0.1) is 7.11 Å². The number of nitrogens with one attached hydrogen (secondary N) is 1. The molecule has 0 radical (unpaired) electrons. The molecule has 10 heteroatoms. The summed E-state index contributed by atoms with van der Waals surface area (Å²) in [5, 5.41) is 8.62. The summed E-state index contributed by atoms with van der Waals surface area (Å²) < 4.78 is 52.4. The van der Waals surface area contributed by atoms with Crippen molar-refractivity contribution in [3.63, 3.8) is 0 Å². The predicted molar refractivity (Wildman–Crippen MR) is 79.9 cm³/mol. The monoisotopic (exact) mass is 362 g/mol. The number of hydrogen-bond donors (Lipinski definition) is 2. The molecule has 1 amide bonds. The fourth-order valence-corrected chi connectivity index (χ4v) is 2.41. The van der Waals surface area contributed by atoms with E-state index in [1.54, 1.807) is 6.07 Å². The van der Waals surface area contributed by atoms with Gasteiger partial charge in [-0.2, -0.15) is 0 Å². The smallest absolute Gasteiger partial charge is 0.493 e. The zero-order valence-corrected chi connectivity index (χ0v) is 13.5. The fraction of sp³-hybridized carbons (Fsp3) is 0.467. The molecule has 1 aliphatic rings. The van der Waals surface area contributed by atoms with Crippen molar-refractivity contribution in [3.05, 3.63) is 23.3 Å². The first-order valence-corrected chi connectivity index (χ1v) is 7.40. The summed E-state index contributed by atoms with van der Waals surface area (Å²) in [7, 11) is 1.25. The number of hydrogen-bond acceptors (Lipinski definition) is 6. The van der Waals surface area contributed by atoms with Crippen molar-refractivity contribution < 1.29 is 37.4 Å². The lowest BCUT2D eigenvalue weighted by Crippen LogP contribution is -2.31. The second-order valence-corrected chi connectivity index (χ2v) is 5.20. The lowest BCUT2D eigenvalue weighted by atomic mass is 10.0. The zero-order chi connectivity index (χ0) is 18.6. The highest BCUT2D eigenvalue weighted by atomic mass is 19.4. The number of ether oxygens (including phenoxy) is 3. The maximum atomic E-state index is 12.7. The summed E-state index contributed by atoms with van der Waals surface area (Å²) >= 11 is 0. The molecule has 2 rings (SSSR count). The van der Waals surface area contributed by atoms with E-state index in [2.05, 4.69) is 9.73 Å². The molecule has 7 nitrogen and oxygen atoms in total. The summed E-state index contributed by atoms with van der Waals surface area (Å²) in [6.07, 6.45) is -3.79. The highest BCUT2D eigenvalue weighted by molar-refractivity contribution is 5.99. The average Bonchev–Trinajstić information content (AvgIpc) is 3.02. The molecule has 0 unspecified atom stereocenters. The quantitative estimate of drug-likeness (QED) is 0.598. The van der Waals surface area contributed by atoms with Crippen LogP contribution in [0.25, 0.3) is 0 Å². The molecular formula is C15H17F3N2O5. The molecule has 1 heterocycles. The van der Waals surface area contributed by atoms with Gasteiger partial charge in [-0.3, -0.25) is 10.0 Å². The summed E-state index contributed by atoms with van der Waals surface area (Å²) in [6.45, 7) is 1.73. The molecule has 0 fully saturated rings. The number of aryl methyl sites for hydroxylation is 1. The van der Waals surface area contributed by atoms with E-state index in [1.165, 1.54) is 12.6 Å². The van der Waals surface area contributed by atoms with Gasteiger partial charge >= 0.3 is 6.36 Å². The van der Waals surface area contributed by atoms with Gasteiger partial charge in [-0.1, -0.05) is 13.3 Å². The fourth-order valence-electron chi connectivity index (χ4n) is 2.41. The molecule has 0 saturated heterocycles. The first kappa shape index (κ1) is 18.8. The van der Waals surface area contributed by atoms with E-state index in [4.69, 9.17) is 14.7 Å². The Morgan fingerprint density at radius 1 is 1.48 bits per heavy atom. The van der Waals surface area contributed by atoms with E-state index in [0.29, 0.717) is 18.4 Å². The number of carbonyl (C=O) groups excluding carboxylic acids is 1. The van der Waals surface area contributed by atoms with E-state index in [0.717, 1.165) is 6.07 Å². The Morgan fingerprint density at radius 3 is 2.76 bits per heavy atom. The summed E-state index contributed by atoms with van der Waals surface area (Å²) in [6, 6.07) is 1.68. The van der Waals surface area contributed by atoms with Gasteiger partial charge in [-0.05, 0) is 24.1 Å². The van der Waals surface area contributed by atoms with E-state index in [9.17, 15) is 18.0 Å². The van der Waals surface area contributed by atoms with Gasteiger partial charge in [-0.15, -0.1) is 13.2 Å². The number of benzene rings is 1. The van der Waals surface area contributed by atoms with Gasteiger partial charge in [0.25, 0.3) is 5.91 Å². The van der Waals surface area contributed by atoms with Crippen LogP contribution in [0.4, 0.5) is 13.2 Å². The van der Waals surface area contributed by atoms with Crippen LogP contribution in [0.2, 0.25) is 0 Å². The third-order valence-electron chi connectivity index (χ3n) is 3.39. The normalized spacial score (nSPS) is 16.9. The highest BCUT2D eigenvalue weighted by Crippen LogP contribution is 2.37. The first-order valence-electron chi connectivity index (χ1n) is 7.40. The number of carbonyl (C=O) groups is 1. The van der Waals surface area contributed by atoms with Gasteiger partial charge < -0.3 is 14.2 Å². The Hall–Kier alpha value is -2.49. The number of nitrogens with zero attached hydrogens (tertiary/aromatic N) is 1. The van der Waals surface area contributed by atoms with Crippen LogP contribution in [0.1, 0.15) is 24.5 Å². The highest BCUT2D eigenvalue weighted by Gasteiger charge is 2.34. The van der Waals surface area contributed by atoms with Crippen LogP contribution >= 0.6 is 0 Å². The molecule has 1 aromatic carbocycles. The van der Waals surface area contributed by atoms with Gasteiger partial charge in [0.1, 0.15) is 6.61 Å². The molecule has 0 aromatic heterocycles. The Balaban J connectivity index is 2.46. The Bertz CT molecular complexity index is 676. The molecule has 1 aromatic rings. The molecule has 2 N–H and O–H groups in total. The largest absolute Gasteiger partial charge is 0.573 e. The summed E-state index contributed by atoms with van der Waals surface area (Å²) in [5.41, 5.74) is 2.16. The molecule has 1 aliphatic heterocycles. The van der Waals surface area contributed by atoms with Crippen LogP contribution in [-0.4, -0.2) is 43.1 Å². The van der Waals surface area contributed by atoms with E-state index < -0.39 is 24.1 Å². The summed E-state index contributed by atoms with van der Waals surface area (Å²) in [5.74, 6) is -1.33. The van der Waals surface area contributed by atoms with Gasteiger partial charge in [-0.25, -0.2) is 10.5 Å². The zero-order valence-electron chi connectivity index (χ0n) is 13.5. The molecule has 0 spiro atoms. The molecule has 0 bridgehead atoms. The minimum Gasteiger partial charge on any atom is -0.493 e. The molecular weight excluding hydrogens is 345 g/mol. The standard InChI is InChI=1S/C15H17F3N2O5/c1-3-4-8-5-9(14-19-10(7-24-14)13(21)20-22)6-11(12(8)23-2)25-15(16,17)18/h5-6,10,22H,3-4,7H2,1-2H3,(H,20,21)/t10-/m1/s1. The van der Waals surface area contributed by atoms with Crippen molar-refractivity contribution in [2.45, 2.75) is 32.2 Å². The lowest BCUT2D eigenvalue weighted by Gasteiger charge is -2.17. The van der Waals surface area contributed by atoms with E-state index >= 15 is 0 Å². The number of amides is 1. The maximum absolute atomic E-state index is 12.7. The molecule has 138 valence electrons. The minimum atomic E-state index is -4.90. The van der Waals surface area contributed by atoms with Crippen molar-refractivity contribution in [1.29, 1.82) is 0 Å². The van der Waals surface area contributed by atoms with Crippen LogP contribution < -0.4 is 15.0 Å². The Labute approximate surface area is 141 Å². The summed E-state index contributed by atoms with van der Waals surface area (Å²) in [4.78, 5) is 15.3. The maximum Gasteiger partial charge on any atom is 0.573 e. The van der Waals surface area contributed by atoms with E-state index in [-0.39, 0.29) is 23.8 Å². The van der Waals surface area contributed by atoms with Crippen LogP contribution in [0, 0.1) is 0 Å². The number of hydroxylamine groups is 1. The number of alkyl halides is 3. The first-order chi connectivity index (χ1) is 11.8. The van der Waals surface area contributed by atoms with Crippen molar-refractivity contribution in [2.24, 2.45) is 4.99 Å². The van der Waals surface area contributed by atoms with Gasteiger partial charge in [0.15, 0.2) is 17.5 Å². The third kappa shape index (κ3) is 4.53. The molecule has 0 aliphatic carbocycles. The van der Waals surface area contributed by atoms with Crippen molar-refractivity contribution >= 4 is 11.8 Å². The van der Waals surface area contributed by atoms with Crippen molar-refractivity contribution in [1.82, 2.24) is 5.48 Å². The van der Waals surface area contributed by atoms with Crippen molar-refractivity contribution in [3.8, 4) is 11.5 Å². The van der Waals surface area contributed by atoms with Gasteiger partial charge in [0, 0.05) is 5.56 Å². The van der Waals surface area contributed by atoms with Crippen LogP contribution in [0.15, 0.2) is 17.1 Å². The van der Waals surface area contributed by atoms with Crippen LogP contribution in [-0.2, 0) is 16.0 Å². The number of rotatable bonds is 6. The molecule has 25 heavy (non-hydrogen) atoms. The van der Waals surface area contributed by atoms with Crippen LogP contribution in [0.5, 0.6) is 11.5 Å². The third-order valence-corrected chi connectivity index (χ3v) is 3.39. The van der Waals surface area contributed by atoms with Gasteiger partial charge in [0.2, 0.25) is 5.90 Å². The average molecular weight is 362 g/mol. The Kier molecular flexibility index (Phi) is 5.73. The number of halogens is 3. The number of methoxy groups -OCH3 is 1. The SMILES string of the molecule is CCCc1cc(C2=N[C@@H](C(=O)NO)CO2)cc(OC(F)(F)F)c1OC.